The van der Waals surface area contributed by atoms with Crippen LogP contribution in [0.2, 0.25) is 0 Å². The van der Waals surface area contributed by atoms with Gasteiger partial charge in [-0.25, -0.2) is 4.98 Å². The molecule has 17 heavy (non-hydrogen) atoms. The summed E-state index contributed by atoms with van der Waals surface area (Å²) in [7, 11) is 0. The highest BCUT2D eigenvalue weighted by Gasteiger charge is 2.23. The molecule has 0 radical (unpaired) electrons. The van der Waals surface area contributed by atoms with E-state index in [1.165, 1.54) is 19.3 Å². The lowest BCUT2D eigenvalue weighted by Crippen LogP contribution is -2.17. The Bertz CT molecular complexity index is 377. The Hall–Kier alpha value is -1.32. The average Bonchev–Trinajstić information content (AvgIpc) is 3.00. The molecule has 0 aliphatic heterocycles. The van der Waals surface area contributed by atoms with E-state index in [1.807, 2.05) is 19.9 Å². The van der Waals surface area contributed by atoms with Crippen LogP contribution in [-0.2, 0) is 0 Å². The summed E-state index contributed by atoms with van der Waals surface area (Å²) in [5.74, 6) is 3.19. The maximum Gasteiger partial charge on any atom is 0.218 e. The number of hydrogen-bond acceptors (Lipinski definition) is 4. The van der Waals surface area contributed by atoms with Gasteiger partial charge < -0.3 is 10.1 Å². The number of nitrogens with zero attached hydrogens (tertiary/aromatic N) is 2. The van der Waals surface area contributed by atoms with Gasteiger partial charge in [-0.3, -0.25) is 0 Å². The van der Waals surface area contributed by atoms with Gasteiger partial charge in [0, 0.05) is 12.1 Å². The predicted octanol–water partition coefficient (Wildman–Crippen LogP) is 2.78. The van der Waals surface area contributed by atoms with Gasteiger partial charge in [0.2, 0.25) is 5.88 Å². The molecule has 2 rings (SSSR count). The second kappa shape index (κ2) is 5.34. The van der Waals surface area contributed by atoms with Crippen LogP contribution in [0.1, 0.15) is 38.9 Å². The van der Waals surface area contributed by atoms with Crippen molar-refractivity contribution in [3.63, 3.8) is 0 Å². The molecule has 1 N–H and O–H groups in total. The van der Waals surface area contributed by atoms with Gasteiger partial charge in [-0.05, 0) is 33.1 Å². The van der Waals surface area contributed by atoms with E-state index in [-0.39, 0.29) is 0 Å². The minimum atomic E-state index is 0.464. The third kappa shape index (κ3) is 3.88. The van der Waals surface area contributed by atoms with E-state index in [0.717, 1.165) is 17.6 Å². The Labute approximate surface area is 103 Å². The third-order valence-corrected chi connectivity index (χ3v) is 2.88. The molecule has 94 valence electrons. The molecule has 0 bridgehead atoms. The molecule has 1 aromatic rings. The van der Waals surface area contributed by atoms with Crippen LogP contribution in [0.3, 0.4) is 0 Å². The Morgan fingerprint density at radius 2 is 2.24 bits per heavy atom. The van der Waals surface area contributed by atoms with Crippen LogP contribution >= 0.6 is 0 Å². The Balaban J connectivity index is 1.97. The SMILES string of the molecule is CCOc1cc(NC(C)CC2CC2)nc(C)n1. The Kier molecular flexibility index (Phi) is 3.82. The summed E-state index contributed by atoms with van der Waals surface area (Å²) in [6, 6.07) is 2.34. The molecule has 1 fully saturated rings. The van der Waals surface area contributed by atoms with Gasteiger partial charge in [-0.1, -0.05) is 12.8 Å². The number of rotatable bonds is 6. The van der Waals surface area contributed by atoms with Crippen molar-refractivity contribution in [1.82, 2.24) is 9.97 Å². The molecule has 1 atom stereocenters. The molecule has 1 aromatic heterocycles. The van der Waals surface area contributed by atoms with Gasteiger partial charge in [-0.2, -0.15) is 4.98 Å². The topological polar surface area (TPSA) is 47.0 Å². The number of nitrogens with one attached hydrogen (secondary N) is 1. The molecule has 0 saturated heterocycles. The summed E-state index contributed by atoms with van der Waals surface area (Å²) < 4.78 is 5.41. The van der Waals surface area contributed by atoms with E-state index >= 15 is 0 Å². The van der Waals surface area contributed by atoms with Crippen molar-refractivity contribution in [3.8, 4) is 5.88 Å². The summed E-state index contributed by atoms with van der Waals surface area (Å²) in [5, 5.41) is 3.42. The van der Waals surface area contributed by atoms with E-state index in [0.29, 0.717) is 18.5 Å². The number of ether oxygens (including phenoxy) is 1. The normalized spacial score (nSPS) is 16.6. The van der Waals surface area contributed by atoms with Crippen LogP contribution in [0.4, 0.5) is 5.82 Å². The largest absolute Gasteiger partial charge is 0.478 e. The number of hydrogen-bond donors (Lipinski definition) is 1. The maximum absolute atomic E-state index is 5.41. The van der Waals surface area contributed by atoms with Crippen LogP contribution in [-0.4, -0.2) is 22.6 Å². The van der Waals surface area contributed by atoms with Gasteiger partial charge >= 0.3 is 0 Å². The molecule has 1 heterocycles. The van der Waals surface area contributed by atoms with Crippen molar-refractivity contribution in [2.75, 3.05) is 11.9 Å². The second-order valence-electron chi connectivity index (χ2n) is 4.80. The quantitative estimate of drug-likeness (QED) is 0.823. The monoisotopic (exact) mass is 235 g/mol. The highest BCUT2D eigenvalue weighted by atomic mass is 16.5. The van der Waals surface area contributed by atoms with Crippen LogP contribution in [0, 0.1) is 12.8 Å². The first-order chi connectivity index (χ1) is 8.17. The second-order valence-corrected chi connectivity index (χ2v) is 4.80. The molecule has 1 saturated carbocycles. The van der Waals surface area contributed by atoms with Crippen LogP contribution in [0.25, 0.3) is 0 Å². The summed E-state index contributed by atoms with van der Waals surface area (Å²) >= 11 is 0. The zero-order valence-corrected chi connectivity index (χ0v) is 10.9. The molecular weight excluding hydrogens is 214 g/mol. The first kappa shape index (κ1) is 12.1. The number of anilines is 1. The highest BCUT2D eigenvalue weighted by molar-refractivity contribution is 5.39. The first-order valence-electron chi connectivity index (χ1n) is 6.42. The zero-order valence-electron chi connectivity index (χ0n) is 10.9. The van der Waals surface area contributed by atoms with Crippen molar-refractivity contribution in [3.05, 3.63) is 11.9 Å². The Morgan fingerprint density at radius 1 is 1.47 bits per heavy atom. The fourth-order valence-corrected chi connectivity index (χ4v) is 2.00. The molecule has 0 amide bonds. The third-order valence-electron chi connectivity index (χ3n) is 2.88. The lowest BCUT2D eigenvalue weighted by Gasteiger charge is -2.15. The van der Waals surface area contributed by atoms with Gasteiger partial charge in [0.25, 0.3) is 0 Å². The van der Waals surface area contributed by atoms with E-state index in [4.69, 9.17) is 4.74 Å². The molecule has 4 nitrogen and oxygen atoms in total. The lowest BCUT2D eigenvalue weighted by molar-refractivity contribution is 0.325. The minimum absolute atomic E-state index is 0.464. The molecular formula is C13H21N3O. The Morgan fingerprint density at radius 3 is 2.88 bits per heavy atom. The average molecular weight is 235 g/mol. The van der Waals surface area contributed by atoms with Crippen LogP contribution in [0.5, 0.6) is 5.88 Å². The van der Waals surface area contributed by atoms with E-state index in [1.54, 1.807) is 0 Å². The highest BCUT2D eigenvalue weighted by Crippen LogP contribution is 2.34. The predicted molar refractivity (Wildman–Crippen MR) is 68.4 cm³/mol. The van der Waals surface area contributed by atoms with Crippen molar-refractivity contribution < 1.29 is 4.74 Å². The molecule has 0 spiro atoms. The zero-order chi connectivity index (χ0) is 12.3. The summed E-state index contributed by atoms with van der Waals surface area (Å²) in [6.07, 6.45) is 4.01. The first-order valence-corrected chi connectivity index (χ1v) is 6.42. The van der Waals surface area contributed by atoms with Gasteiger partial charge in [-0.15, -0.1) is 0 Å². The summed E-state index contributed by atoms with van der Waals surface area (Å²) in [6.45, 7) is 6.68. The van der Waals surface area contributed by atoms with Crippen molar-refractivity contribution >= 4 is 5.82 Å². The smallest absolute Gasteiger partial charge is 0.218 e. The molecule has 1 aliphatic carbocycles. The van der Waals surface area contributed by atoms with E-state index in [2.05, 4.69) is 22.2 Å². The molecule has 0 aromatic carbocycles. The summed E-state index contributed by atoms with van der Waals surface area (Å²) in [4.78, 5) is 8.61. The minimum Gasteiger partial charge on any atom is -0.478 e. The standard InChI is InChI=1S/C13H21N3O/c1-4-17-13-8-12(15-10(3)16-13)14-9(2)7-11-5-6-11/h8-9,11H,4-7H2,1-3H3,(H,14,15,16). The number of aromatic nitrogens is 2. The fourth-order valence-electron chi connectivity index (χ4n) is 2.00. The molecule has 1 unspecified atom stereocenters. The van der Waals surface area contributed by atoms with Crippen molar-refractivity contribution in [1.29, 1.82) is 0 Å². The lowest BCUT2D eigenvalue weighted by atomic mass is 10.1. The number of aryl methyl sites for hydroxylation is 1. The van der Waals surface area contributed by atoms with Crippen LogP contribution < -0.4 is 10.1 Å². The van der Waals surface area contributed by atoms with E-state index in [9.17, 15) is 0 Å². The summed E-state index contributed by atoms with van der Waals surface area (Å²) in [5.41, 5.74) is 0. The van der Waals surface area contributed by atoms with Gasteiger partial charge in [0.05, 0.1) is 6.61 Å². The van der Waals surface area contributed by atoms with Gasteiger partial charge in [0.15, 0.2) is 0 Å². The van der Waals surface area contributed by atoms with Crippen LogP contribution in [0.15, 0.2) is 6.07 Å². The molecule has 1 aliphatic rings. The maximum atomic E-state index is 5.41. The van der Waals surface area contributed by atoms with Crippen molar-refractivity contribution in [2.45, 2.75) is 46.1 Å². The van der Waals surface area contributed by atoms with Gasteiger partial charge in [0.1, 0.15) is 11.6 Å². The fraction of sp³-hybridized carbons (Fsp3) is 0.692. The van der Waals surface area contributed by atoms with E-state index < -0.39 is 0 Å². The van der Waals surface area contributed by atoms with Crippen molar-refractivity contribution in [2.24, 2.45) is 5.92 Å². The molecule has 4 heteroatoms.